The summed E-state index contributed by atoms with van der Waals surface area (Å²) in [5, 5.41) is 0. The van der Waals surface area contributed by atoms with Crippen molar-refractivity contribution < 1.29 is 9.53 Å². The third-order valence-corrected chi connectivity index (χ3v) is 4.17. The molecular formula is C14H26N2O2. The third-order valence-electron chi connectivity index (χ3n) is 4.17. The molecule has 18 heavy (non-hydrogen) atoms. The minimum Gasteiger partial charge on any atom is -0.465 e. The van der Waals surface area contributed by atoms with Crippen LogP contribution in [0, 0.1) is 0 Å². The molecule has 0 spiro atoms. The molecule has 104 valence electrons. The Hall–Kier alpha value is -0.610. The molecule has 0 aliphatic heterocycles. The highest BCUT2D eigenvalue weighted by molar-refractivity contribution is 5.81. The molecule has 2 atom stereocenters. The van der Waals surface area contributed by atoms with Crippen molar-refractivity contribution >= 4 is 5.97 Å². The molecule has 0 radical (unpaired) electrons. The van der Waals surface area contributed by atoms with Gasteiger partial charge in [-0.2, -0.15) is 0 Å². The van der Waals surface area contributed by atoms with Crippen molar-refractivity contribution in [3.8, 4) is 0 Å². The number of carbonyl (C=O) groups excluding carboxylic acids is 1. The molecule has 2 aliphatic carbocycles. The lowest BCUT2D eigenvalue weighted by atomic mass is 9.99. The van der Waals surface area contributed by atoms with Gasteiger partial charge in [-0.1, -0.05) is 6.92 Å². The Labute approximate surface area is 110 Å². The highest BCUT2D eigenvalue weighted by Crippen LogP contribution is 2.38. The number of ether oxygens (including phenoxy) is 1. The molecule has 0 aromatic rings. The largest absolute Gasteiger partial charge is 0.465 e. The van der Waals surface area contributed by atoms with Crippen molar-refractivity contribution in [3.63, 3.8) is 0 Å². The van der Waals surface area contributed by atoms with Crippen molar-refractivity contribution in [1.29, 1.82) is 0 Å². The van der Waals surface area contributed by atoms with Gasteiger partial charge in [0, 0.05) is 12.1 Å². The predicted molar refractivity (Wildman–Crippen MR) is 71.2 cm³/mol. The first kappa shape index (κ1) is 13.8. The van der Waals surface area contributed by atoms with Crippen molar-refractivity contribution in [2.45, 2.75) is 70.0 Å². The summed E-state index contributed by atoms with van der Waals surface area (Å²) < 4.78 is 5.11. The zero-order valence-electron chi connectivity index (χ0n) is 11.7. The molecule has 0 aromatic carbocycles. The van der Waals surface area contributed by atoms with Gasteiger partial charge in [-0.25, -0.2) is 0 Å². The Kier molecular flexibility index (Phi) is 4.28. The molecule has 4 heteroatoms. The van der Waals surface area contributed by atoms with Crippen LogP contribution >= 0.6 is 0 Å². The van der Waals surface area contributed by atoms with E-state index in [1.54, 1.807) is 0 Å². The number of hydrogen-bond donors (Lipinski definition) is 1. The van der Waals surface area contributed by atoms with Crippen LogP contribution in [-0.4, -0.2) is 41.6 Å². The first-order chi connectivity index (χ1) is 8.60. The molecule has 0 bridgehead atoms. The minimum atomic E-state index is -0.735. The Balaban J connectivity index is 1.95. The van der Waals surface area contributed by atoms with Gasteiger partial charge in [0.15, 0.2) is 0 Å². The lowest BCUT2D eigenvalue weighted by Crippen LogP contribution is -2.48. The molecule has 0 amide bonds. The van der Waals surface area contributed by atoms with Crippen LogP contribution in [0.3, 0.4) is 0 Å². The summed E-state index contributed by atoms with van der Waals surface area (Å²) >= 11 is 0. The third kappa shape index (κ3) is 2.86. The molecule has 0 heterocycles. The first-order valence-electron chi connectivity index (χ1n) is 7.32. The molecular weight excluding hydrogens is 228 g/mol. The van der Waals surface area contributed by atoms with Gasteiger partial charge in [-0.15, -0.1) is 0 Å². The predicted octanol–water partition coefficient (Wildman–Crippen LogP) is 1.67. The van der Waals surface area contributed by atoms with Crippen LogP contribution in [0.15, 0.2) is 0 Å². The summed E-state index contributed by atoms with van der Waals surface area (Å²) in [5.41, 5.74) is 5.50. The monoisotopic (exact) mass is 254 g/mol. The fraction of sp³-hybridized carbons (Fsp3) is 0.929. The van der Waals surface area contributed by atoms with Gasteiger partial charge < -0.3 is 10.5 Å². The number of hydrogen-bond acceptors (Lipinski definition) is 4. The summed E-state index contributed by atoms with van der Waals surface area (Å²) in [6.45, 7) is 5.60. The zero-order valence-corrected chi connectivity index (χ0v) is 11.7. The van der Waals surface area contributed by atoms with Crippen LogP contribution in [0.1, 0.15) is 52.4 Å². The SMILES string of the molecule is CCCN(C1CC1)C1CCC(N)(C(=O)OCC)C1. The maximum absolute atomic E-state index is 11.9. The number of rotatable bonds is 6. The molecule has 4 nitrogen and oxygen atoms in total. The van der Waals surface area contributed by atoms with Crippen molar-refractivity contribution in [1.82, 2.24) is 4.90 Å². The van der Waals surface area contributed by atoms with Crippen LogP contribution in [0.25, 0.3) is 0 Å². The molecule has 0 aromatic heterocycles. The van der Waals surface area contributed by atoms with E-state index in [0.717, 1.165) is 31.8 Å². The molecule has 2 rings (SSSR count). The average Bonchev–Trinajstić information content (AvgIpc) is 3.10. The second-order valence-corrected chi connectivity index (χ2v) is 5.74. The molecule has 2 saturated carbocycles. The number of esters is 1. The highest BCUT2D eigenvalue weighted by Gasteiger charge is 2.47. The Morgan fingerprint density at radius 1 is 1.33 bits per heavy atom. The number of nitrogens with two attached hydrogens (primary N) is 1. The minimum absolute atomic E-state index is 0.209. The normalized spacial score (nSPS) is 31.9. The first-order valence-corrected chi connectivity index (χ1v) is 7.32. The lowest BCUT2D eigenvalue weighted by Gasteiger charge is -2.30. The summed E-state index contributed by atoms with van der Waals surface area (Å²) in [5.74, 6) is -0.209. The molecule has 2 N–H and O–H groups in total. The Morgan fingerprint density at radius 2 is 2.06 bits per heavy atom. The van der Waals surface area contributed by atoms with Gasteiger partial charge in [0.1, 0.15) is 5.54 Å². The van der Waals surface area contributed by atoms with E-state index in [9.17, 15) is 4.79 Å². The van der Waals surface area contributed by atoms with E-state index in [0.29, 0.717) is 12.6 Å². The summed E-state index contributed by atoms with van der Waals surface area (Å²) in [6, 6.07) is 1.23. The second kappa shape index (κ2) is 5.57. The standard InChI is InChI=1S/C14H26N2O2/c1-3-9-16(11-5-6-11)12-7-8-14(15,10-12)13(17)18-4-2/h11-12H,3-10,15H2,1-2H3. The van der Waals surface area contributed by atoms with Gasteiger partial charge >= 0.3 is 5.97 Å². The topological polar surface area (TPSA) is 55.6 Å². The Morgan fingerprint density at radius 3 is 2.61 bits per heavy atom. The summed E-state index contributed by atoms with van der Waals surface area (Å²) in [6.07, 6.45) is 6.36. The summed E-state index contributed by atoms with van der Waals surface area (Å²) in [7, 11) is 0. The molecule has 2 fully saturated rings. The van der Waals surface area contributed by atoms with E-state index in [1.165, 1.54) is 19.3 Å². The Bertz CT molecular complexity index is 304. The van der Waals surface area contributed by atoms with E-state index in [-0.39, 0.29) is 5.97 Å². The lowest BCUT2D eigenvalue weighted by molar-refractivity contribution is -0.149. The second-order valence-electron chi connectivity index (χ2n) is 5.74. The van der Waals surface area contributed by atoms with E-state index in [2.05, 4.69) is 11.8 Å². The highest BCUT2D eigenvalue weighted by atomic mass is 16.5. The average molecular weight is 254 g/mol. The van der Waals surface area contributed by atoms with E-state index < -0.39 is 5.54 Å². The quantitative estimate of drug-likeness (QED) is 0.733. The van der Waals surface area contributed by atoms with Crippen molar-refractivity contribution in [2.75, 3.05) is 13.2 Å². The molecule has 0 saturated heterocycles. The van der Waals surface area contributed by atoms with Crippen LogP contribution in [0.5, 0.6) is 0 Å². The maximum Gasteiger partial charge on any atom is 0.326 e. The van der Waals surface area contributed by atoms with E-state index in [4.69, 9.17) is 10.5 Å². The van der Waals surface area contributed by atoms with Gasteiger partial charge in [0.05, 0.1) is 6.61 Å². The van der Waals surface area contributed by atoms with Gasteiger partial charge in [0.2, 0.25) is 0 Å². The smallest absolute Gasteiger partial charge is 0.326 e. The van der Waals surface area contributed by atoms with E-state index in [1.807, 2.05) is 6.92 Å². The zero-order chi connectivity index (χ0) is 13.2. The van der Waals surface area contributed by atoms with Gasteiger partial charge in [0.25, 0.3) is 0 Å². The van der Waals surface area contributed by atoms with E-state index >= 15 is 0 Å². The molecule has 2 unspecified atom stereocenters. The van der Waals surface area contributed by atoms with Crippen LogP contribution in [0.4, 0.5) is 0 Å². The maximum atomic E-state index is 11.9. The van der Waals surface area contributed by atoms with Gasteiger partial charge in [-0.3, -0.25) is 9.69 Å². The van der Waals surface area contributed by atoms with Crippen molar-refractivity contribution in [3.05, 3.63) is 0 Å². The van der Waals surface area contributed by atoms with Crippen molar-refractivity contribution in [2.24, 2.45) is 5.73 Å². The summed E-state index contributed by atoms with van der Waals surface area (Å²) in [4.78, 5) is 14.5. The van der Waals surface area contributed by atoms with Crippen LogP contribution < -0.4 is 5.73 Å². The fourth-order valence-electron chi connectivity index (χ4n) is 3.12. The molecule has 2 aliphatic rings. The van der Waals surface area contributed by atoms with Gasteiger partial charge in [-0.05, 0) is 52.0 Å². The number of carbonyl (C=O) groups is 1. The fourth-order valence-corrected chi connectivity index (χ4v) is 3.12. The van der Waals surface area contributed by atoms with Crippen LogP contribution in [0.2, 0.25) is 0 Å². The van der Waals surface area contributed by atoms with Crippen LogP contribution in [-0.2, 0) is 9.53 Å². The number of nitrogens with zero attached hydrogens (tertiary/aromatic N) is 1.